The SMILES string of the molecule is Cc1cc(F)ccc1-n1ccnc1NCC(C)C. The number of nitrogens with one attached hydrogen (secondary N) is 1. The van der Waals surface area contributed by atoms with Crippen molar-refractivity contribution in [1.29, 1.82) is 0 Å². The number of benzene rings is 1. The van der Waals surface area contributed by atoms with Gasteiger partial charge >= 0.3 is 0 Å². The summed E-state index contributed by atoms with van der Waals surface area (Å²) in [6.07, 6.45) is 3.62. The number of aryl methyl sites for hydroxylation is 1. The van der Waals surface area contributed by atoms with E-state index in [1.165, 1.54) is 12.1 Å². The number of imidazole rings is 1. The van der Waals surface area contributed by atoms with Gasteiger partial charge in [0.1, 0.15) is 5.82 Å². The Hall–Kier alpha value is -1.84. The Kier molecular flexibility index (Phi) is 3.65. The van der Waals surface area contributed by atoms with Crippen molar-refractivity contribution in [3.63, 3.8) is 0 Å². The number of anilines is 1. The molecule has 0 fully saturated rings. The largest absolute Gasteiger partial charge is 0.355 e. The van der Waals surface area contributed by atoms with Gasteiger partial charge in [0, 0.05) is 18.9 Å². The molecule has 0 atom stereocenters. The van der Waals surface area contributed by atoms with Gasteiger partial charge in [-0.2, -0.15) is 0 Å². The fraction of sp³-hybridized carbons (Fsp3) is 0.357. The van der Waals surface area contributed by atoms with Crippen molar-refractivity contribution in [2.45, 2.75) is 20.8 Å². The van der Waals surface area contributed by atoms with Gasteiger partial charge in [-0.1, -0.05) is 13.8 Å². The second-order valence-corrected chi connectivity index (χ2v) is 4.83. The van der Waals surface area contributed by atoms with Crippen molar-refractivity contribution in [3.05, 3.63) is 42.0 Å². The third kappa shape index (κ3) is 2.70. The van der Waals surface area contributed by atoms with Crippen LogP contribution in [0.25, 0.3) is 5.69 Å². The first kappa shape index (κ1) is 12.6. The molecule has 0 saturated carbocycles. The van der Waals surface area contributed by atoms with E-state index in [2.05, 4.69) is 24.1 Å². The summed E-state index contributed by atoms with van der Waals surface area (Å²) >= 11 is 0. The Balaban J connectivity index is 2.30. The van der Waals surface area contributed by atoms with Crippen LogP contribution in [0.2, 0.25) is 0 Å². The summed E-state index contributed by atoms with van der Waals surface area (Å²) in [5.74, 6) is 1.12. The van der Waals surface area contributed by atoms with Crippen molar-refractivity contribution in [1.82, 2.24) is 9.55 Å². The predicted octanol–water partition coefficient (Wildman–Crippen LogP) is 3.39. The second kappa shape index (κ2) is 5.21. The zero-order valence-corrected chi connectivity index (χ0v) is 10.9. The highest BCUT2D eigenvalue weighted by Crippen LogP contribution is 2.19. The lowest BCUT2D eigenvalue weighted by Crippen LogP contribution is -2.12. The molecule has 0 radical (unpaired) electrons. The molecule has 96 valence electrons. The number of halogens is 1. The molecule has 0 bridgehead atoms. The maximum Gasteiger partial charge on any atom is 0.207 e. The average molecular weight is 247 g/mol. The van der Waals surface area contributed by atoms with Crippen molar-refractivity contribution in [2.24, 2.45) is 5.92 Å². The Morgan fingerprint density at radius 1 is 1.39 bits per heavy atom. The molecule has 0 aliphatic rings. The van der Waals surface area contributed by atoms with E-state index in [4.69, 9.17) is 0 Å². The summed E-state index contributed by atoms with van der Waals surface area (Å²) in [5, 5.41) is 3.29. The Morgan fingerprint density at radius 2 is 2.17 bits per heavy atom. The van der Waals surface area contributed by atoms with E-state index in [-0.39, 0.29) is 5.82 Å². The molecular formula is C14H18FN3. The first-order chi connectivity index (χ1) is 8.58. The highest BCUT2D eigenvalue weighted by atomic mass is 19.1. The van der Waals surface area contributed by atoms with Gasteiger partial charge in [0.2, 0.25) is 5.95 Å². The van der Waals surface area contributed by atoms with Gasteiger partial charge in [0.15, 0.2) is 0 Å². The van der Waals surface area contributed by atoms with Crippen LogP contribution in [0.1, 0.15) is 19.4 Å². The minimum atomic E-state index is -0.215. The van der Waals surface area contributed by atoms with Gasteiger partial charge in [-0.3, -0.25) is 4.57 Å². The van der Waals surface area contributed by atoms with E-state index in [1.54, 1.807) is 12.3 Å². The number of hydrogen-bond acceptors (Lipinski definition) is 2. The van der Waals surface area contributed by atoms with Crippen LogP contribution in [0.15, 0.2) is 30.6 Å². The van der Waals surface area contributed by atoms with E-state index in [0.717, 1.165) is 23.7 Å². The van der Waals surface area contributed by atoms with Crippen molar-refractivity contribution >= 4 is 5.95 Å². The number of aromatic nitrogens is 2. The molecule has 0 aliphatic carbocycles. The van der Waals surface area contributed by atoms with E-state index in [0.29, 0.717) is 5.92 Å². The second-order valence-electron chi connectivity index (χ2n) is 4.83. The molecule has 3 nitrogen and oxygen atoms in total. The lowest BCUT2D eigenvalue weighted by atomic mass is 10.2. The zero-order valence-electron chi connectivity index (χ0n) is 10.9. The monoisotopic (exact) mass is 247 g/mol. The smallest absolute Gasteiger partial charge is 0.207 e. The summed E-state index contributed by atoms with van der Waals surface area (Å²) in [5.41, 5.74) is 1.83. The van der Waals surface area contributed by atoms with Crippen LogP contribution in [0.4, 0.5) is 10.3 Å². The van der Waals surface area contributed by atoms with E-state index >= 15 is 0 Å². The Bertz CT molecular complexity index is 532. The standard InChI is InChI=1S/C14H18FN3/c1-10(2)9-17-14-16-6-7-18(14)13-5-4-12(15)8-11(13)3/h4-8,10H,9H2,1-3H3,(H,16,17). The van der Waals surface area contributed by atoms with Crippen LogP contribution in [0, 0.1) is 18.7 Å². The van der Waals surface area contributed by atoms with Gasteiger partial charge in [0.05, 0.1) is 5.69 Å². The van der Waals surface area contributed by atoms with Crippen LogP contribution in [-0.2, 0) is 0 Å². The van der Waals surface area contributed by atoms with E-state index < -0.39 is 0 Å². The lowest BCUT2D eigenvalue weighted by Gasteiger charge is -2.13. The summed E-state index contributed by atoms with van der Waals surface area (Å²) in [6.45, 7) is 7.04. The third-order valence-electron chi connectivity index (χ3n) is 2.73. The van der Waals surface area contributed by atoms with E-state index in [9.17, 15) is 4.39 Å². The average Bonchev–Trinajstić information content (AvgIpc) is 2.74. The van der Waals surface area contributed by atoms with Crippen molar-refractivity contribution in [2.75, 3.05) is 11.9 Å². The Morgan fingerprint density at radius 3 is 2.83 bits per heavy atom. The molecule has 2 rings (SSSR count). The highest BCUT2D eigenvalue weighted by molar-refractivity contribution is 5.46. The molecule has 0 aliphatic heterocycles. The number of hydrogen-bond donors (Lipinski definition) is 1. The molecule has 1 aromatic heterocycles. The van der Waals surface area contributed by atoms with E-state index in [1.807, 2.05) is 17.7 Å². The molecule has 1 aromatic carbocycles. The van der Waals surface area contributed by atoms with Gasteiger partial charge in [-0.05, 0) is 36.6 Å². The van der Waals surface area contributed by atoms with Crippen LogP contribution in [0.5, 0.6) is 0 Å². The first-order valence-corrected chi connectivity index (χ1v) is 6.11. The molecule has 18 heavy (non-hydrogen) atoms. The van der Waals surface area contributed by atoms with Crippen LogP contribution < -0.4 is 5.32 Å². The highest BCUT2D eigenvalue weighted by Gasteiger charge is 2.08. The van der Waals surface area contributed by atoms with Gasteiger partial charge in [0.25, 0.3) is 0 Å². The summed E-state index contributed by atoms with van der Waals surface area (Å²) < 4.78 is 15.0. The lowest BCUT2D eigenvalue weighted by molar-refractivity contribution is 0.626. The number of nitrogens with zero attached hydrogens (tertiary/aromatic N) is 2. The summed E-state index contributed by atoms with van der Waals surface area (Å²) in [6, 6.07) is 4.77. The minimum Gasteiger partial charge on any atom is -0.355 e. The van der Waals surface area contributed by atoms with Gasteiger partial charge < -0.3 is 5.32 Å². The predicted molar refractivity (Wildman–Crippen MR) is 71.6 cm³/mol. The molecule has 0 saturated heterocycles. The van der Waals surface area contributed by atoms with Crippen molar-refractivity contribution in [3.8, 4) is 5.69 Å². The molecule has 0 unspecified atom stereocenters. The zero-order chi connectivity index (χ0) is 13.1. The molecule has 0 amide bonds. The molecule has 4 heteroatoms. The topological polar surface area (TPSA) is 29.9 Å². The summed E-state index contributed by atoms with van der Waals surface area (Å²) in [4.78, 5) is 4.29. The van der Waals surface area contributed by atoms with Gasteiger partial charge in [-0.25, -0.2) is 9.37 Å². The van der Waals surface area contributed by atoms with Gasteiger partial charge in [-0.15, -0.1) is 0 Å². The minimum absolute atomic E-state index is 0.215. The maximum absolute atomic E-state index is 13.1. The molecule has 2 aromatic rings. The third-order valence-corrected chi connectivity index (χ3v) is 2.73. The summed E-state index contributed by atoms with van der Waals surface area (Å²) in [7, 11) is 0. The number of rotatable bonds is 4. The normalized spacial score (nSPS) is 10.9. The van der Waals surface area contributed by atoms with Crippen LogP contribution >= 0.6 is 0 Å². The molecular weight excluding hydrogens is 229 g/mol. The molecule has 1 heterocycles. The van der Waals surface area contributed by atoms with Crippen molar-refractivity contribution < 1.29 is 4.39 Å². The maximum atomic E-state index is 13.1. The quantitative estimate of drug-likeness (QED) is 0.897. The molecule has 0 spiro atoms. The van der Waals surface area contributed by atoms with Crippen LogP contribution in [0.3, 0.4) is 0 Å². The first-order valence-electron chi connectivity index (χ1n) is 6.11. The Labute approximate surface area is 107 Å². The fourth-order valence-corrected chi connectivity index (χ4v) is 1.81. The van der Waals surface area contributed by atoms with Crippen LogP contribution in [-0.4, -0.2) is 16.1 Å². The molecule has 1 N–H and O–H groups in total. The fourth-order valence-electron chi connectivity index (χ4n) is 1.81.